The molecule has 5 fully saturated rings. The SMILES string of the molecule is CC(C(=O)N1CCC2(CC1)C(=O)N([C@H]1C[C@@H](N3CCCCC3)C1)c1cc(-c3cc4ncn(C(C)C)c4c(NC4CC4)n3)ccc12)C1CCN(C(=O)OC(C)(C)C)CC1. The zero-order valence-electron chi connectivity index (χ0n) is 35.6. The van der Waals surface area contributed by atoms with Crippen LogP contribution in [0.5, 0.6) is 0 Å². The Hall–Kier alpha value is -4.19. The number of nitrogens with zero attached hydrogens (tertiary/aromatic N) is 7. The van der Waals surface area contributed by atoms with Crippen molar-refractivity contribution in [3.8, 4) is 11.3 Å². The number of anilines is 2. The summed E-state index contributed by atoms with van der Waals surface area (Å²) in [6, 6.07) is 10.1. The first kappa shape index (κ1) is 39.3. The molecule has 58 heavy (non-hydrogen) atoms. The molecule has 3 amide bonds. The van der Waals surface area contributed by atoms with Gasteiger partial charge in [0.1, 0.15) is 11.1 Å². The maximum atomic E-state index is 15.1. The lowest BCUT2D eigenvalue weighted by molar-refractivity contribution is -0.141. The standard InChI is InChI=1S/C46H64N8O4/c1-29(2)53-28-47-38-27-37(49-41(40(38)53)48-33-11-12-33)32-10-13-36-39(24-32)54(35-25-34(26-35)50-18-8-7-9-19-50)43(56)46(36)16-22-51(23-17-46)42(55)30(3)31-14-20-52(21-15-31)44(57)58-45(4,5)6/h10,13,24,27-31,33-35H,7-9,11-12,14-23,25-26H2,1-6H3,(H,48,49)/t30?,34-,35+. The van der Waals surface area contributed by atoms with E-state index >= 15 is 4.79 Å². The minimum absolute atomic E-state index is 0.141. The Balaban J connectivity index is 0.957. The monoisotopic (exact) mass is 793 g/mol. The number of hydrogen-bond acceptors (Lipinski definition) is 8. The summed E-state index contributed by atoms with van der Waals surface area (Å²) >= 11 is 0. The number of nitrogens with one attached hydrogen (secondary N) is 1. The lowest BCUT2D eigenvalue weighted by atomic mass is 9.73. The van der Waals surface area contributed by atoms with Gasteiger partial charge in [0.05, 0.1) is 23.0 Å². The number of hydrogen-bond donors (Lipinski definition) is 1. The van der Waals surface area contributed by atoms with E-state index in [2.05, 4.69) is 64.7 Å². The summed E-state index contributed by atoms with van der Waals surface area (Å²) in [6.45, 7) is 16.7. The lowest BCUT2D eigenvalue weighted by Crippen LogP contribution is -2.58. The summed E-state index contributed by atoms with van der Waals surface area (Å²) < 4.78 is 7.80. The van der Waals surface area contributed by atoms with Crippen LogP contribution < -0.4 is 10.2 Å². The molecule has 12 nitrogen and oxygen atoms in total. The van der Waals surface area contributed by atoms with Crippen molar-refractivity contribution in [3.63, 3.8) is 0 Å². The molecule has 6 heterocycles. The zero-order valence-corrected chi connectivity index (χ0v) is 35.6. The summed E-state index contributed by atoms with van der Waals surface area (Å²) in [6.07, 6.45) is 12.6. The van der Waals surface area contributed by atoms with Gasteiger partial charge in [0.25, 0.3) is 0 Å². The quantitative estimate of drug-likeness (QED) is 0.246. The van der Waals surface area contributed by atoms with Crippen molar-refractivity contribution in [1.82, 2.24) is 29.2 Å². The number of amides is 3. The van der Waals surface area contributed by atoms with Crippen LogP contribution >= 0.6 is 0 Å². The summed E-state index contributed by atoms with van der Waals surface area (Å²) in [5, 5.41) is 3.70. The van der Waals surface area contributed by atoms with Gasteiger partial charge in [-0.3, -0.25) is 9.59 Å². The number of ether oxygens (including phenoxy) is 1. The second kappa shape index (κ2) is 15.1. The number of carbonyl (C=O) groups excluding carboxylic acids is 3. The molecule has 0 radical (unpaired) electrons. The van der Waals surface area contributed by atoms with Crippen molar-refractivity contribution >= 4 is 40.4 Å². The molecule has 6 aliphatic rings. The third-order valence-corrected chi connectivity index (χ3v) is 14.3. The van der Waals surface area contributed by atoms with Gasteiger partial charge < -0.3 is 34.2 Å². The number of imidazole rings is 1. The van der Waals surface area contributed by atoms with E-state index in [-0.39, 0.29) is 41.8 Å². The van der Waals surface area contributed by atoms with Crippen molar-refractivity contribution in [2.24, 2.45) is 11.8 Å². The molecule has 1 unspecified atom stereocenters. The van der Waals surface area contributed by atoms with Crippen molar-refractivity contribution in [2.75, 3.05) is 49.5 Å². The fourth-order valence-electron chi connectivity index (χ4n) is 10.6. The highest BCUT2D eigenvalue weighted by atomic mass is 16.6. The van der Waals surface area contributed by atoms with Gasteiger partial charge in [-0.1, -0.05) is 25.5 Å². The normalized spacial score (nSPS) is 24.7. The molecule has 2 aromatic heterocycles. The molecule has 3 saturated heterocycles. The number of pyridine rings is 1. The Morgan fingerprint density at radius 1 is 0.879 bits per heavy atom. The first-order valence-electron chi connectivity index (χ1n) is 22.4. The predicted octanol–water partition coefficient (Wildman–Crippen LogP) is 7.76. The first-order valence-corrected chi connectivity index (χ1v) is 22.4. The minimum atomic E-state index is -0.644. The number of piperidine rings is 3. The average molecular weight is 793 g/mol. The van der Waals surface area contributed by atoms with E-state index in [4.69, 9.17) is 14.7 Å². The second-order valence-electron chi connectivity index (χ2n) is 19.7. The molecule has 1 aromatic carbocycles. The van der Waals surface area contributed by atoms with Gasteiger partial charge in [0.2, 0.25) is 11.8 Å². The molecule has 312 valence electrons. The van der Waals surface area contributed by atoms with Crippen molar-refractivity contribution in [1.29, 1.82) is 0 Å². The zero-order chi connectivity index (χ0) is 40.5. The van der Waals surface area contributed by atoms with E-state index in [0.29, 0.717) is 51.1 Å². The number of likely N-dealkylation sites (tertiary alicyclic amines) is 3. The molecule has 4 aliphatic heterocycles. The Morgan fingerprint density at radius 2 is 1.59 bits per heavy atom. The third-order valence-electron chi connectivity index (χ3n) is 14.3. The smallest absolute Gasteiger partial charge is 0.410 e. The first-order chi connectivity index (χ1) is 27.8. The van der Waals surface area contributed by atoms with Crippen LogP contribution in [0, 0.1) is 11.8 Å². The molecule has 2 aliphatic carbocycles. The third kappa shape index (κ3) is 7.25. The van der Waals surface area contributed by atoms with Crippen LogP contribution in [0.4, 0.5) is 16.3 Å². The Labute approximate surface area is 344 Å². The number of benzene rings is 1. The lowest BCUT2D eigenvalue weighted by Gasteiger charge is -2.48. The van der Waals surface area contributed by atoms with Crippen molar-refractivity contribution in [2.45, 2.75) is 147 Å². The maximum Gasteiger partial charge on any atom is 0.410 e. The predicted molar refractivity (Wildman–Crippen MR) is 227 cm³/mol. The summed E-state index contributed by atoms with van der Waals surface area (Å²) in [5.74, 6) is 1.34. The average Bonchev–Trinajstić information content (AvgIpc) is 3.86. The van der Waals surface area contributed by atoms with E-state index in [1.165, 1.54) is 32.4 Å². The fraction of sp³-hybridized carbons (Fsp3) is 0.674. The highest BCUT2D eigenvalue weighted by molar-refractivity contribution is 6.09. The van der Waals surface area contributed by atoms with Gasteiger partial charge in [0.15, 0.2) is 5.82 Å². The number of carbonyl (C=O) groups is 3. The molecule has 1 atom stereocenters. The van der Waals surface area contributed by atoms with Crippen LogP contribution in [0.3, 0.4) is 0 Å². The summed E-state index contributed by atoms with van der Waals surface area (Å²) in [5.41, 5.74) is 4.80. The van der Waals surface area contributed by atoms with Crippen molar-refractivity contribution in [3.05, 3.63) is 36.2 Å². The molecule has 9 rings (SSSR count). The van der Waals surface area contributed by atoms with Crippen LogP contribution in [-0.2, 0) is 19.7 Å². The molecule has 2 saturated carbocycles. The van der Waals surface area contributed by atoms with E-state index in [1.807, 2.05) is 32.0 Å². The largest absolute Gasteiger partial charge is 0.444 e. The molecular weight excluding hydrogens is 729 g/mol. The van der Waals surface area contributed by atoms with Crippen LogP contribution in [0.25, 0.3) is 22.3 Å². The van der Waals surface area contributed by atoms with Gasteiger partial charge >= 0.3 is 6.09 Å². The highest BCUT2D eigenvalue weighted by Crippen LogP contribution is 2.52. The van der Waals surface area contributed by atoms with E-state index in [9.17, 15) is 9.59 Å². The Bertz CT molecular complexity index is 2040. The van der Waals surface area contributed by atoms with Gasteiger partial charge in [-0.15, -0.1) is 0 Å². The molecule has 3 aromatic rings. The number of rotatable bonds is 8. The van der Waals surface area contributed by atoms with Crippen LogP contribution in [-0.4, -0.2) is 110 Å². The van der Waals surface area contributed by atoms with E-state index in [0.717, 1.165) is 77.9 Å². The Morgan fingerprint density at radius 3 is 2.24 bits per heavy atom. The van der Waals surface area contributed by atoms with Crippen LogP contribution in [0.1, 0.15) is 124 Å². The molecule has 12 heteroatoms. The van der Waals surface area contributed by atoms with E-state index in [1.54, 1.807) is 4.90 Å². The maximum absolute atomic E-state index is 15.1. The molecule has 0 bridgehead atoms. The summed E-state index contributed by atoms with van der Waals surface area (Å²) in [4.78, 5) is 60.6. The van der Waals surface area contributed by atoms with Crippen molar-refractivity contribution < 1.29 is 19.1 Å². The molecule has 1 N–H and O–H groups in total. The van der Waals surface area contributed by atoms with Gasteiger partial charge in [-0.2, -0.15) is 0 Å². The van der Waals surface area contributed by atoms with Gasteiger partial charge in [-0.25, -0.2) is 14.8 Å². The van der Waals surface area contributed by atoms with Crippen LogP contribution in [0.2, 0.25) is 0 Å². The topological polar surface area (TPSA) is 116 Å². The molecule has 1 spiro atoms. The van der Waals surface area contributed by atoms with Gasteiger partial charge in [-0.05, 0) is 136 Å². The number of fused-ring (bicyclic) bond motifs is 3. The summed E-state index contributed by atoms with van der Waals surface area (Å²) in [7, 11) is 0. The fourth-order valence-corrected chi connectivity index (χ4v) is 10.6. The Kier molecular flexibility index (Phi) is 10.2. The van der Waals surface area contributed by atoms with Gasteiger partial charge in [0, 0.05) is 67.5 Å². The second-order valence-corrected chi connectivity index (χ2v) is 19.7. The molecular formula is C46H64N8O4. The number of aromatic nitrogens is 3. The van der Waals surface area contributed by atoms with Crippen LogP contribution in [0.15, 0.2) is 30.6 Å². The van der Waals surface area contributed by atoms with E-state index < -0.39 is 11.0 Å². The highest BCUT2D eigenvalue weighted by Gasteiger charge is 2.56. The minimum Gasteiger partial charge on any atom is -0.444 e.